The maximum Gasteiger partial charge on any atom is 0.416 e. The van der Waals surface area contributed by atoms with Crippen LogP contribution >= 0.6 is 11.6 Å². The van der Waals surface area contributed by atoms with Gasteiger partial charge in [-0.3, -0.25) is 0 Å². The lowest BCUT2D eigenvalue weighted by Gasteiger charge is -2.11. The van der Waals surface area contributed by atoms with Gasteiger partial charge in [0.05, 0.1) is 29.1 Å². The fourth-order valence-corrected chi connectivity index (χ4v) is 2.44. The normalized spacial score (nSPS) is 11.7. The third-order valence-corrected chi connectivity index (χ3v) is 3.56. The lowest BCUT2D eigenvalue weighted by molar-refractivity contribution is -0.137. The monoisotopic (exact) mass is 369 g/mol. The summed E-state index contributed by atoms with van der Waals surface area (Å²) in [6, 6.07) is 3.00. The minimum Gasteiger partial charge on any atom is -0.476 e. The molecule has 0 fully saturated rings. The van der Waals surface area contributed by atoms with Crippen LogP contribution < -0.4 is 10.5 Å². The van der Waals surface area contributed by atoms with Crippen molar-refractivity contribution in [2.75, 3.05) is 12.3 Å². The molecule has 10 heteroatoms. The molecule has 0 amide bonds. The Morgan fingerprint density at radius 2 is 1.96 bits per heavy atom. The minimum absolute atomic E-state index is 0.0226. The molecule has 1 aromatic carbocycles. The van der Waals surface area contributed by atoms with E-state index >= 15 is 0 Å². The van der Waals surface area contributed by atoms with Crippen LogP contribution in [0.15, 0.2) is 24.4 Å². The van der Waals surface area contributed by atoms with Crippen LogP contribution in [-0.2, 0) is 6.18 Å². The van der Waals surface area contributed by atoms with Crippen molar-refractivity contribution in [1.29, 1.82) is 0 Å². The highest BCUT2D eigenvalue weighted by Gasteiger charge is 2.31. The van der Waals surface area contributed by atoms with Crippen molar-refractivity contribution in [2.45, 2.75) is 13.1 Å². The fraction of sp³-hybridized carbons (Fsp3) is 0.200. The van der Waals surface area contributed by atoms with E-state index in [2.05, 4.69) is 19.9 Å². The Bertz CT molecular complexity index is 948. The zero-order chi connectivity index (χ0) is 18.2. The molecule has 3 aromatic rings. The molecule has 0 radical (unpaired) electrons. The van der Waals surface area contributed by atoms with Gasteiger partial charge in [0.15, 0.2) is 11.2 Å². The lowest BCUT2D eigenvalue weighted by atomic mass is 10.1. The second kappa shape index (κ2) is 6.32. The summed E-state index contributed by atoms with van der Waals surface area (Å²) in [7, 11) is 0. The minimum atomic E-state index is -4.48. The standard InChI is InChI=1S/C15H11ClF3N5O/c1-2-25-13-11-12(23-14(20)24-13)21-6-10(22-11)8-4-3-7(5-9(8)16)15(17,18)19/h3-6H,2H2,1H3,(H2,20,21,23,24). The van der Waals surface area contributed by atoms with Crippen LogP contribution in [0.4, 0.5) is 19.1 Å². The molecule has 0 unspecified atom stereocenters. The summed E-state index contributed by atoms with van der Waals surface area (Å²) < 4.78 is 43.6. The first-order valence-electron chi connectivity index (χ1n) is 7.09. The summed E-state index contributed by atoms with van der Waals surface area (Å²) in [6.45, 7) is 2.08. The number of fused-ring (bicyclic) bond motifs is 1. The van der Waals surface area contributed by atoms with Gasteiger partial charge in [-0.1, -0.05) is 17.7 Å². The van der Waals surface area contributed by atoms with Gasteiger partial charge >= 0.3 is 6.18 Å². The Kier molecular flexibility index (Phi) is 4.34. The first-order chi connectivity index (χ1) is 11.8. The zero-order valence-electron chi connectivity index (χ0n) is 12.8. The molecule has 0 atom stereocenters. The fourth-order valence-electron chi connectivity index (χ4n) is 2.16. The summed E-state index contributed by atoms with van der Waals surface area (Å²) >= 11 is 6.00. The third-order valence-electron chi connectivity index (χ3n) is 3.25. The average molecular weight is 370 g/mol. The molecule has 2 N–H and O–H groups in total. The molecule has 0 saturated heterocycles. The van der Waals surface area contributed by atoms with Gasteiger partial charge in [-0.15, -0.1) is 0 Å². The van der Waals surface area contributed by atoms with E-state index in [0.29, 0.717) is 12.2 Å². The smallest absolute Gasteiger partial charge is 0.416 e. The summed E-state index contributed by atoms with van der Waals surface area (Å²) in [4.78, 5) is 16.4. The molecule has 0 aliphatic heterocycles. The van der Waals surface area contributed by atoms with Crippen LogP contribution in [0.3, 0.4) is 0 Å². The molecule has 0 aliphatic rings. The Morgan fingerprint density at radius 3 is 2.60 bits per heavy atom. The molecule has 0 aliphatic carbocycles. The molecule has 0 saturated carbocycles. The number of nitrogen functional groups attached to an aromatic ring is 1. The summed E-state index contributed by atoms with van der Waals surface area (Å²) in [5, 5.41) is -0.0993. The van der Waals surface area contributed by atoms with E-state index in [0.717, 1.165) is 12.1 Å². The summed E-state index contributed by atoms with van der Waals surface area (Å²) in [5.41, 5.74) is 5.75. The van der Waals surface area contributed by atoms with E-state index in [9.17, 15) is 13.2 Å². The number of rotatable bonds is 3. The Hall–Kier alpha value is -2.68. The van der Waals surface area contributed by atoms with E-state index in [-0.39, 0.29) is 33.7 Å². The maximum absolute atomic E-state index is 12.8. The molecular formula is C15H11ClF3N5O. The van der Waals surface area contributed by atoms with Gasteiger partial charge in [0.1, 0.15) is 0 Å². The van der Waals surface area contributed by atoms with E-state index < -0.39 is 11.7 Å². The van der Waals surface area contributed by atoms with Crippen LogP contribution in [0.2, 0.25) is 5.02 Å². The first kappa shape index (κ1) is 17.2. The molecule has 3 rings (SSSR count). The summed E-state index contributed by atoms with van der Waals surface area (Å²) in [6.07, 6.45) is -3.14. The highest BCUT2D eigenvalue weighted by molar-refractivity contribution is 6.33. The maximum atomic E-state index is 12.8. The Morgan fingerprint density at radius 1 is 1.20 bits per heavy atom. The van der Waals surface area contributed by atoms with Crippen molar-refractivity contribution in [3.63, 3.8) is 0 Å². The van der Waals surface area contributed by atoms with Crippen LogP contribution in [0.25, 0.3) is 22.4 Å². The van der Waals surface area contributed by atoms with Crippen LogP contribution in [-0.4, -0.2) is 26.5 Å². The van der Waals surface area contributed by atoms with Crippen LogP contribution in [0, 0.1) is 0 Å². The number of nitrogens with two attached hydrogens (primary N) is 1. The number of ether oxygens (including phenoxy) is 1. The van der Waals surface area contributed by atoms with Crippen molar-refractivity contribution in [1.82, 2.24) is 19.9 Å². The molecule has 2 heterocycles. The van der Waals surface area contributed by atoms with Gasteiger partial charge in [-0.2, -0.15) is 23.1 Å². The number of alkyl halides is 3. The topological polar surface area (TPSA) is 86.8 Å². The number of nitrogens with zero attached hydrogens (tertiary/aromatic N) is 4. The number of hydrogen-bond acceptors (Lipinski definition) is 6. The van der Waals surface area contributed by atoms with Crippen molar-refractivity contribution in [3.8, 4) is 17.1 Å². The van der Waals surface area contributed by atoms with E-state index in [1.165, 1.54) is 12.3 Å². The van der Waals surface area contributed by atoms with E-state index in [1.807, 2.05) is 0 Å². The molecule has 130 valence electrons. The van der Waals surface area contributed by atoms with Crippen LogP contribution in [0.5, 0.6) is 5.88 Å². The molecular weight excluding hydrogens is 359 g/mol. The SMILES string of the molecule is CCOc1nc(N)nc2ncc(-c3ccc(C(F)(F)F)cc3Cl)nc12. The van der Waals surface area contributed by atoms with Crippen molar-refractivity contribution in [2.24, 2.45) is 0 Å². The first-order valence-corrected chi connectivity index (χ1v) is 7.47. The van der Waals surface area contributed by atoms with E-state index in [4.69, 9.17) is 22.1 Å². The lowest BCUT2D eigenvalue weighted by Crippen LogP contribution is -2.05. The molecule has 2 aromatic heterocycles. The molecule has 0 bridgehead atoms. The number of halogens is 4. The van der Waals surface area contributed by atoms with Gasteiger partial charge in [-0.25, -0.2) is 9.97 Å². The molecule has 25 heavy (non-hydrogen) atoms. The predicted molar refractivity (Wildman–Crippen MR) is 86.2 cm³/mol. The molecule has 6 nitrogen and oxygen atoms in total. The van der Waals surface area contributed by atoms with Crippen molar-refractivity contribution < 1.29 is 17.9 Å². The summed E-state index contributed by atoms with van der Waals surface area (Å²) in [5.74, 6) is 0.118. The Balaban J connectivity index is 2.13. The molecule has 0 spiro atoms. The second-order valence-electron chi connectivity index (χ2n) is 4.94. The van der Waals surface area contributed by atoms with Gasteiger partial charge in [0, 0.05) is 5.56 Å². The van der Waals surface area contributed by atoms with Gasteiger partial charge in [0.2, 0.25) is 11.8 Å². The highest BCUT2D eigenvalue weighted by atomic mass is 35.5. The highest BCUT2D eigenvalue weighted by Crippen LogP contribution is 2.35. The van der Waals surface area contributed by atoms with Crippen molar-refractivity contribution in [3.05, 3.63) is 35.0 Å². The second-order valence-corrected chi connectivity index (χ2v) is 5.35. The van der Waals surface area contributed by atoms with Gasteiger partial charge in [-0.05, 0) is 19.1 Å². The quantitative estimate of drug-likeness (QED) is 0.756. The van der Waals surface area contributed by atoms with E-state index in [1.54, 1.807) is 6.92 Å². The van der Waals surface area contributed by atoms with Gasteiger partial charge < -0.3 is 10.5 Å². The van der Waals surface area contributed by atoms with Crippen LogP contribution in [0.1, 0.15) is 12.5 Å². The third kappa shape index (κ3) is 3.41. The number of aromatic nitrogens is 4. The van der Waals surface area contributed by atoms with Crippen molar-refractivity contribution >= 4 is 28.7 Å². The van der Waals surface area contributed by atoms with Gasteiger partial charge in [0.25, 0.3) is 0 Å². The largest absolute Gasteiger partial charge is 0.476 e. The predicted octanol–water partition coefficient (Wildman–Crippen LogP) is 3.74. The average Bonchev–Trinajstić information content (AvgIpc) is 2.54. The Labute approximate surface area is 144 Å². The number of benzene rings is 1. The number of hydrogen-bond donors (Lipinski definition) is 1. The number of anilines is 1. The zero-order valence-corrected chi connectivity index (χ0v) is 13.6.